The van der Waals surface area contributed by atoms with E-state index in [0.717, 1.165) is 0 Å². The number of esters is 1. The van der Waals surface area contributed by atoms with E-state index in [0.29, 0.717) is 18.1 Å². The van der Waals surface area contributed by atoms with E-state index in [1.807, 2.05) is 0 Å². The number of thioether (sulfide) groups is 1. The number of hydrogen-bond donors (Lipinski definition) is 1. The molecule has 1 saturated heterocycles. The van der Waals surface area contributed by atoms with E-state index < -0.39 is 5.97 Å². The molecule has 1 fully saturated rings. The number of aromatic carboxylic acids is 1. The maximum Gasteiger partial charge on any atom is 0.371 e. The highest BCUT2D eigenvalue weighted by atomic mass is 32.2. The molecule has 1 aromatic rings. The minimum atomic E-state index is -1.11. The summed E-state index contributed by atoms with van der Waals surface area (Å²) in [7, 11) is 0. The van der Waals surface area contributed by atoms with Crippen LogP contribution in [-0.2, 0) is 9.53 Å². The molecule has 15 heavy (non-hydrogen) atoms. The van der Waals surface area contributed by atoms with E-state index in [4.69, 9.17) is 14.3 Å². The quantitative estimate of drug-likeness (QED) is 0.787. The third-order valence-corrected chi connectivity index (χ3v) is 3.10. The van der Waals surface area contributed by atoms with E-state index in [2.05, 4.69) is 0 Å². The molecule has 1 N–H and O–H groups in total. The second-order valence-corrected chi connectivity index (χ2v) is 4.19. The van der Waals surface area contributed by atoms with Crippen molar-refractivity contribution in [2.45, 2.75) is 16.8 Å². The summed E-state index contributed by atoms with van der Waals surface area (Å²) in [6.45, 7) is 0.420. The van der Waals surface area contributed by atoms with Crippen LogP contribution in [0.15, 0.2) is 21.6 Å². The Bertz CT molecular complexity index is 397. The average Bonchev–Trinajstić information content (AvgIpc) is 2.77. The highest BCUT2D eigenvalue weighted by Gasteiger charge is 2.28. The van der Waals surface area contributed by atoms with Gasteiger partial charge in [-0.05, 0) is 12.1 Å². The number of hydrogen-bond acceptors (Lipinski definition) is 5. The molecule has 6 heteroatoms. The molecular weight excluding hydrogens is 220 g/mol. The lowest BCUT2D eigenvalue weighted by atomic mass is 10.4. The van der Waals surface area contributed by atoms with Crippen molar-refractivity contribution in [3.05, 3.63) is 17.9 Å². The van der Waals surface area contributed by atoms with Gasteiger partial charge in [-0.15, -0.1) is 0 Å². The van der Waals surface area contributed by atoms with Crippen LogP contribution in [-0.4, -0.2) is 28.9 Å². The zero-order chi connectivity index (χ0) is 10.8. The Morgan fingerprint density at radius 2 is 2.33 bits per heavy atom. The van der Waals surface area contributed by atoms with Crippen LogP contribution in [0.2, 0.25) is 0 Å². The first-order chi connectivity index (χ1) is 7.16. The number of furan rings is 1. The third-order valence-electron chi connectivity index (χ3n) is 1.94. The van der Waals surface area contributed by atoms with Crippen LogP contribution in [0.1, 0.15) is 17.0 Å². The van der Waals surface area contributed by atoms with Crippen LogP contribution in [0, 0.1) is 0 Å². The van der Waals surface area contributed by atoms with Crippen molar-refractivity contribution in [1.82, 2.24) is 0 Å². The third kappa shape index (κ3) is 2.15. The molecule has 1 aromatic heterocycles. The van der Waals surface area contributed by atoms with Crippen molar-refractivity contribution < 1.29 is 23.8 Å². The van der Waals surface area contributed by atoms with E-state index in [1.165, 1.54) is 17.8 Å². The fourth-order valence-electron chi connectivity index (χ4n) is 1.22. The number of carboxylic acid groups (broad SMARTS) is 1. The van der Waals surface area contributed by atoms with Crippen LogP contribution in [0.25, 0.3) is 0 Å². The van der Waals surface area contributed by atoms with Gasteiger partial charge >= 0.3 is 11.9 Å². The van der Waals surface area contributed by atoms with Crippen LogP contribution < -0.4 is 0 Å². The van der Waals surface area contributed by atoms with Crippen LogP contribution in [0.4, 0.5) is 0 Å². The van der Waals surface area contributed by atoms with Gasteiger partial charge in [0, 0.05) is 6.42 Å². The zero-order valence-corrected chi connectivity index (χ0v) is 8.45. The monoisotopic (exact) mass is 228 g/mol. The van der Waals surface area contributed by atoms with Gasteiger partial charge in [0.25, 0.3) is 0 Å². The van der Waals surface area contributed by atoms with Crippen LogP contribution in [0.5, 0.6) is 0 Å². The molecule has 0 saturated carbocycles. The van der Waals surface area contributed by atoms with Gasteiger partial charge in [0.2, 0.25) is 5.76 Å². The van der Waals surface area contributed by atoms with Gasteiger partial charge in [-0.25, -0.2) is 4.79 Å². The lowest BCUT2D eigenvalue weighted by Gasteiger charge is -2.00. The van der Waals surface area contributed by atoms with Crippen molar-refractivity contribution in [3.63, 3.8) is 0 Å². The summed E-state index contributed by atoms with van der Waals surface area (Å²) >= 11 is 1.19. The van der Waals surface area contributed by atoms with Gasteiger partial charge in [0.05, 0.1) is 6.61 Å². The maximum absolute atomic E-state index is 11.1. The molecule has 0 radical (unpaired) electrons. The van der Waals surface area contributed by atoms with Crippen molar-refractivity contribution in [3.8, 4) is 0 Å². The summed E-state index contributed by atoms with van der Waals surface area (Å²) in [6, 6.07) is 2.91. The second-order valence-electron chi connectivity index (χ2n) is 2.99. The van der Waals surface area contributed by atoms with E-state index in [1.54, 1.807) is 6.07 Å². The Labute approximate surface area is 89.4 Å². The normalized spacial score (nSPS) is 20.3. The van der Waals surface area contributed by atoms with E-state index in [-0.39, 0.29) is 17.0 Å². The van der Waals surface area contributed by atoms with Gasteiger partial charge in [-0.1, -0.05) is 11.8 Å². The molecule has 5 nitrogen and oxygen atoms in total. The molecule has 0 aromatic carbocycles. The summed E-state index contributed by atoms with van der Waals surface area (Å²) in [6.07, 6.45) is 0.632. The molecule has 1 aliphatic heterocycles. The molecule has 0 aliphatic carbocycles. The number of carbonyl (C=O) groups excluding carboxylic acids is 1. The Hall–Kier alpha value is -1.43. The number of carboxylic acids is 1. The Balaban J connectivity index is 2.04. The van der Waals surface area contributed by atoms with Gasteiger partial charge in [0.1, 0.15) is 5.25 Å². The molecule has 0 amide bonds. The first-order valence-corrected chi connectivity index (χ1v) is 5.21. The minimum absolute atomic E-state index is 0.121. The number of rotatable bonds is 3. The molecule has 1 aliphatic rings. The average molecular weight is 228 g/mol. The largest absolute Gasteiger partial charge is 0.475 e. The van der Waals surface area contributed by atoms with Crippen molar-refractivity contribution in [2.24, 2.45) is 0 Å². The fraction of sp³-hybridized carbons (Fsp3) is 0.333. The molecule has 1 atom stereocenters. The van der Waals surface area contributed by atoms with Crippen molar-refractivity contribution >= 4 is 23.7 Å². The number of carbonyl (C=O) groups is 2. The highest BCUT2D eigenvalue weighted by Crippen LogP contribution is 2.30. The summed E-state index contributed by atoms with van der Waals surface area (Å²) in [5, 5.41) is 8.76. The van der Waals surface area contributed by atoms with E-state index >= 15 is 0 Å². The Kier molecular flexibility index (Phi) is 2.68. The Morgan fingerprint density at radius 3 is 2.87 bits per heavy atom. The molecule has 0 spiro atoms. The second kappa shape index (κ2) is 3.98. The minimum Gasteiger partial charge on any atom is -0.475 e. The molecule has 2 heterocycles. The SMILES string of the molecule is O=C(O)c1ccc(SC2CCOC2=O)o1. The lowest BCUT2D eigenvalue weighted by molar-refractivity contribution is -0.137. The lowest BCUT2D eigenvalue weighted by Crippen LogP contribution is -2.08. The highest BCUT2D eigenvalue weighted by molar-refractivity contribution is 8.00. The smallest absolute Gasteiger partial charge is 0.371 e. The summed E-state index contributed by atoms with van der Waals surface area (Å²) in [5.41, 5.74) is 0. The van der Waals surface area contributed by atoms with Gasteiger partial charge < -0.3 is 14.3 Å². The van der Waals surface area contributed by atoms with E-state index in [9.17, 15) is 9.59 Å². The summed E-state index contributed by atoms with van der Waals surface area (Å²) in [4.78, 5) is 21.6. The predicted octanol–water partition coefficient (Wildman–Crippen LogP) is 1.39. The molecule has 1 unspecified atom stereocenters. The topological polar surface area (TPSA) is 76.7 Å². The first kappa shape index (κ1) is 10.1. The van der Waals surface area contributed by atoms with Crippen molar-refractivity contribution in [2.75, 3.05) is 6.61 Å². The predicted molar refractivity (Wildman–Crippen MR) is 50.9 cm³/mol. The standard InChI is InChI=1S/C9H8O5S/c10-8(11)5-1-2-7(14-5)15-6-3-4-13-9(6)12/h1-2,6H,3-4H2,(H,10,11). The molecule has 80 valence electrons. The first-order valence-electron chi connectivity index (χ1n) is 4.33. The van der Waals surface area contributed by atoms with Crippen LogP contribution in [0.3, 0.4) is 0 Å². The molecule has 2 rings (SSSR count). The number of cyclic esters (lactones) is 1. The van der Waals surface area contributed by atoms with Crippen LogP contribution >= 0.6 is 11.8 Å². The fourth-order valence-corrected chi connectivity index (χ4v) is 2.17. The van der Waals surface area contributed by atoms with Gasteiger partial charge in [0.15, 0.2) is 5.09 Å². The summed E-state index contributed by atoms with van der Waals surface area (Å²) < 4.78 is 9.79. The Morgan fingerprint density at radius 1 is 1.53 bits per heavy atom. The summed E-state index contributed by atoms with van der Waals surface area (Å²) in [5.74, 6) is -1.51. The zero-order valence-electron chi connectivity index (χ0n) is 7.63. The number of ether oxygens (including phenoxy) is 1. The molecule has 0 bridgehead atoms. The van der Waals surface area contributed by atoms with Gasteiger partial charge in [-0.3, -0.25) is 4.79 Å². The van der Waals surface area contributed by atoms with Crippen molar-refractivity contribution in [1.29, 1.82) is 0 Å². The van der Waals surface area contributed by atoms with Gasteiger partial charge in [-0.2, -0.15) is 0 Å². The maximum atomic E-state index is 11.1. The molecular formula is C9H8O5S.